The Hall–Kier alpha value is -1.11. The van der Waals surface area contributed by atoms with Crippen molar-refractivity contribution in [3.05, 3.63) is 24.3 Å². The van der Waals surface area contributed by atoms with Crippen molar-refractivity contribution in [2.45, 2.75) is 17.4 Å². The highest BCUT2D eigenvalue weighted by Gasteiger charge is 2.32. The molecule has 0 aromatic heterocycles. The Labute approximate surface area is 101 Å². The molecule has 0 amide bonds. The molecule has 1 aromatic carbocycles. The van der Waals surface area contributed by atoms with Crippen LogP contribution in [-0.4, -0.2) is 39.0 Å². The van der Waals surface area contributed by atoms with Gasteiger partial charge in [0.1, 0.15) is 0 Å². The number of nitrogens with two attached hydrogens (primary N) is 1. The number of rotatable bonds is 3. The summed E-state index contributed by atoms with van der Waals surface area (Å²) in [6.07, 6.45) is 0.739. The molecule has 0 spiro atoms. The Kier molecular flexibility index (Phi) is 3.37. The second-order valence-electron chi connectivity index (χ2n) is 4.08. The predicted octanol–water partition coefficient (Wildman–Crippen LogP) is 0.678. The van der Waals surface area contributed by atoms with Gasteiger partial charge in [-0.3, -0.25) is 0 Å². The molecule has 1 fully saturated rings. The summed E-state index contributed by atoms with van der Waals surface area (Å²) in [4.78, 5) is 0.281. The van der Waals surface area contributed by atoms with Gasteiger partial charge in [-0.2, -0.15) is 4.31 Å². The second-order valence-corrected chi connectivity index (χ2v) is 6.02. The van der Waals surface area contributed by atoms with E-state index in [0.717, 1.165) is 6.42 Å². The third kappa shape index (κ3) is 2.43. The van der Waals surface area contributed by atoms with Crippen LogP contribution < -0.4 is 5.73 Å². The fourth-order valence-electron chi connectivity index (χ4n) is 1.90. The minimum Gasteiger partial charge on any atom is -0.399 e. The zero-order chi connectivity index (χ0) is 12.5. The van der Waals surface area contributed by atoms with E-state index in [2.05, 4.69) is 0 Å². The van der Waals surface area contributed by atoms with Crippen molar-refractivity contribution in [3.63, 3.8) is 0 Å². The summed E-state index contributed by atoms with van der Waals surface area (Å²) < 4.78 is 31.1. The number of ether oxygens (including phenoxy) is 1. The summed E-state index contributed by atoms with van der Waals surface area (Å²) in [6, 6.07) is 6.25. The molecule has 1 aliphatic heterocycles. The molecule has 5 nitrogen and oxygen atoms in total. The van der Waals surface area contributed by atoms with E-state index in [0.29, 0.717) is 18.8 Å². The van der Waals surface area contributed by atoms with Crippen LogP contribution in [0.2, 0.25) is 0 Å². The molecule has 1 atom stereocenters. The maximum absolute atomic E-state index is 12.2. The molecule has 0 aliphatic carbocycles. The highest BCUT2D eigenvalue weighted by Crippen LogP contribution is 2.22. The van der Waals surface area contributed by atoms with E-state index in [4.69, 9.17) is 10.5 Å². The van der Waals surface area contributed by atoms with E-state index in [1.807, 2.05) is 0 Å². The van der Waals surface area contributed by atoms with Crippen LogP contribution in [0.5, 0.6) is 0 Å². The van der Waals surface area contributed by atoms with Gasteiger partial charge in [0.15, 0.2) is 0 Å². The highest BCUT2D eigenvalue weighted by atomic mass is 32.2. The second kappa shape index (κ2) is 4.64. The van der Waals surface area contributed by atoms with Gasteiger partial charge >= 0.3 is 0 Å². The maximum atomic E-state index is 12.2. The summed E-state index contributed by atoms with van der Waals surface area (Å²) in [7, 11) is -1.80. The first-order chi connectivity index (χ1) is 8.04. The first-order valence-electron chi connectivity index (χ1n) is 5.42. The first-order valence-corrected chi connectivity index (χ1v) is 6.86. The van der Waals surface area contributed by atoms with Crippen molar-refractivity contribution in [1.82, 2.24) is 4.31 Å². The number of benzene rings is 1. The predicted molar refractivity (Wildman–Crippen MR) is 65.0 cm³/mol. The van der Waals surface area contributed by atoms with Crippen molar-refractivity contribution < 1.29 is 13.2 Å². The van der Waals surface area contributed by atoms with Gasteiger partial charge in [0.2, 0.25) is 10.0 Å². The van der Waals surface area contributed by atoms with Crippen molar-refractivity contribution >= 4 is 15.7 Å². The molecule has 1 heterocycles. The molecule has 1 saturated heterocycles. The molecule has 2 N–H and O–H groups in total. The Balaban J connectivity index is 2.22. The topological polar surface area (TPSA) is 72.6 Å². The van der Waals surface area contributed by atoms with Crippen LogP contribution in [0.4, 0.5) is 5.69 Å². The van der Waals surface area contributed by atoms with Crippen molar-refractivity contribution in [2.75, 3.05) is 25.9 Å². The van der Waals surface area contributed by atoms with Gasteiger partial charge in [0, 0.05) is 25.9 Å². The molecule has 1 aliphatic rings. The first kappa shape index (κ1) is 12.3. The van der Waals surface area contributed by atoms with Gasteiger partial charge in [0.25, 0.3) is 0 Å². The van der Waals surface area contributed by atoms with Crippen molar-refractivity contribution in [2.24, 2.45) is 0 Å². The summed E-state index contributed by atoms with van der Waals surface area (Å²) in [5.41, 5.74) is 6.09. The van der Waals surface area contributed by atoms with Gasteiger partial charge in [-0.25, -0.2) is 8.42 Å². The van der Waals surface area contributed by atoms with E-state index in [1.54, 1.807) is 19.2 Å². The van der Waals surface area contributed by atoms with E-state index in [1.165, 1.54) is 16.4 Å². The quantitative estimate of drug-likeness (QED) is 0.807. The van der Waals surface area contributed by atoms with Crippen LogP contribution in [0.1, 0.15) is 6.42 Å². The van der Waals surface area contributed by atoms with Crippen LogP contribution >= 0.6 is 0 Å². The van der Waals surface area contributed by atoms with Crippen molar-refractivity contribution in [3.8, 4) is 0 Å². The van der Waals surface area contributed by atoms with E-state index >= 15 is 0 Å². The summed E-state index contributed by atoms with van der Waals surface area (Å²) in [5, 5.41) is 0. The molecule has 1 aromatic rings. The summed E-state index contributed by atoms with van der Waals surface area (Å²) >= 11 is 0. The lowest BCUT2D eigenvalue weighted by molar-refractivity contribution is 0.115. The average Bonchev–Trinajstić information content (AvgIpc) is 2.78. The van der Waals surface area contributed by atoms with Crippen LogP contribution in [-0.2, 0) is 14.8 Å². The molecule has 0 saturated carbocycles. The zero-order valence-electron chi connectivity index (χ0n) is 9.67. The number of anilines is 1. The molecule has 0 unspecified atom stereocenters. The maximum Gasteiger partial charge on any atom is 0.243 e. The lowest BCUT2D eigenvalue weighted by Crippen LogP contribution is -2.30. The molecule has 2 rings (SSSR count). The zero-order valence-corrected chi connectivity index (χ0v) is 10.5. The SMILES string of the molecule is CO[C@H]1CCN(S(=O)(=O)c2ccc(N)cc2)C1. The smallest absolute Gasteiger partial charge is 0.243 e. The summed E-state index contributed by atoms with van der Waals surface area (Å²) in [6.45, 7) is 0.925. The van der Waals surface area contributed by atoms with Gasteiger partial charge < -0.3 is 10.5 Å². The molecular weight excluding hydrogens is 240 g/mol. The largest absolute Gasteiger partial charge is 0.399 e. The molecule has 6 heteroatoms. The minimum atomic E-state index is -3.40. The third-order valence-electron chi connectivity index (χ3n) is 2.96. The minimum absolute atomic E-state index is 0.00134. The fourth-order valence-corrected chi connectivity index (χ4v) is 3.38. The number of hydrogen-bond acceptors (Lipinski definition) is 4. The highest BCUT2D eigenvalue weighted by molar-refractivity contribution is 7.89. The van der Waals surface area contributed by atoms with Crippen LogP contribution in [0.15, 0.2) is 29.2 Å². The average molecular weight is 256 g/mol. The van der Waals surface area contributed by atoms with Gasteiger partial charge in [-0.1, -0.05) is 0 Å². The number of nitrogens with zero attached hydrogens (tertiary/aromatic N) is 1. The normalized spacial score (nSPS) is 21.8. The standard InChI is InChI=1S/C11H16N2O3S/c1-16-10-6-7-13(8-10)17(14,15)11-4-2-9(12)3-5-11/h2-5,10H,6-8,12H2,1H3/t10-/m0/s1. The molecule has 17 heavy (non-hydrogen) atoms. The number of methoxy groups -OCH3 is 1. The van der Waals surface area contributed by atoms with Crippen molar-refractivity contribution in [1.29, 1.82) is 0 Å². The lowest BCUT2D eigenvalue weighted by atomic mass is 10.3. The lowest BCUT2D eigenvalue weighted by Gasteiger charge is -2.16. The Morgan fingerprint density at radius 1 is 1.35 bits per heavy atom. The number of hydrogen-bond donors (Lipinski definition) is 1. The van der Waals surface area contributed by atoms with Crippen LogP contribution in [0, 0.1) is 0 Å². The Morgan fingerprint density at radius 3 is 2.53 bits per heavy atom. The Bertz CT molecular complexity index is 484. The summed E-state index contributed by atoms with van der Waals surface area (Å²) in [5.74, 6) is 0. The molecular formula is C11H16N2O3S. The fraction of sp³-hybridized carbons (Fsp3) is 0.455. The van der Waals surface area contributed by atoms with Gasteiger partial charge in [0.05, 0.1) is 11.0 Å². The molecule has 94 valence electrons. The number of nitrogen functional groups attached to an aromatic ring is 1. The monoisotopic (exact) mass is 256 g/mol. The van der Waals surface area contributed by atoms with Gasteiger partial charge in [-0.05, 0) is 30.7 Å². The number of sulfonamides is 1. The third-order valence-corrected chi connectivity index (χ3v) is 4.84. The van der Waals surface area contributed by atoms with Crippen LogP contribution in [0.25, 0.3) is 0 Å². The molecule has 0 radical (unpaired) electrons. The molecule has 0 bridgehead atoms. The Morgan fingerprint density at radius 2 is 2.00 bits per heavy atom. The van der Waals surface area contributed by atoms with Gasteiger partial charge in [-0.15, -0.1) is 0 Å². The van der Waals surface area contributed by atoms with E-state index in [9.17, 15) is 8.42 Å². The van der Waals surface area contributed by atoms with E-state index < -0.39 is 10.0 Å². The van der Waals surface area contributed by atoms with E-state index in [-0.39, 0.29) is 11.0 Å². The van der Waals surface area contributed by atoms with Crippen LogP contribution in [0.3, 0.4) is 0 Å².